The molecule has 2 N–H and O–H groups in total. The molecule has 1 atom stereocenters. The summed E-state index contributed by atoms with van der Waals surface area (Å²) in [4.78, 5) is 37.3. The van der Waals surface area contributed by atoms with E-state index in [0.717, 1.165) is 22.3 Å². The molecule has 1 aliphatic heterocycles. The molecule has 0 bridgehead atoms. The zero-order chi connectivity index (χ0) is 27.1. The number of carbonyl (C=O) groups is 3. The number of hydrazine groups is 1. The molecule has 4 rings (SSSR count). The van der Waals surface area contributed by atoms with Gasteiger partial charge in [0.15, 0.2) is 10.4 Å². The highest BCUT2D eigenvalue weighted by Gasteiger charge is 2.33. The topological polar surface area (TPSA) is 105 Å². The van der Waals surface area contributed by atoms with Gasteiger partial charge in [-0.05, 0) is 72.2 Å². The number of nitrogens with zero attached hydrogens (tertiary/aromatic N) is 1. The summed E-state index contributed by atoms with van der Waals surface area (Å²) in [5.74, 6) is -1.04. The first kappa shape index (κ1) is 26.9. The van der Waals surface area contributed by atoms with Crippen LogP contribution in [0.15, 0.2) is 83.8 Å². The number of carboxylic acids is 1. The third-order valence-electron chi connectivity index (χ3n) is 5.45. The first-order valence-corrected chi connectivity index (χ1v) is 12.9. The number of benzene rings is 3. The highest BCUT2D eigenvalue weighted by atomic mass is 32.2. The highest BCUT2D eigenvalue weighted by Crippen LogP contribution is 2.32. The van der Waals surface area contributed by atoms with E-state index in [1.54, 1.807) is 61.5 Å². The van der Waals surface area contributed by atoms with Crippen molar-refractivity contribution in [3.63, 3.8) is 0 Å². The molecule has 3 aromatic rings. The van der Waals surface area contributed by atoms with Crippen molar-refractivity contribution < 1.29 is 29.0 Å². The van der Waals surface area contributed by atoms with E-state index < -0.39 is 23.9 Å². The molecule has 2 amide bonds. The minimum absolute atomic E-state index is 0.182. The summed E-state index contributed by atoms with van der Waals surface area (Å²) < 4.78 is 11.5. The number of hydrogen-bond acceptors (Lipinski definition) is 7. The fourth-order valence-electron chi connectivity index (χ4n) is 3.48. The molecule has 1 aliphatic rings. The number of ether oxygens (including phenoxy) is 2. The number of thioether (sulfide) groups is 1. The number of carbonyl (C=O) groups excluding carboxylic acids is 2. The Kier molecular flexibility index (Phi) is 8.77. The molecule has 0 aromatic heterocycles. The van der Waals surface area contributed by atoms with Crippen molar-refractivity contribution in [2.45, 2.75) is 26.1 Å². The normalized spacial score (nSPS) is 14.9. The predicted molar refractivity (Wildman–Crippen MR) is 148 cm³/mol. The average molecular weight is 549 g/mol. The molecule has 194 valence electrons. The van der Waals surface area contributed by atoms with Gasteiger partial charge in [0.25, 0.3) is 11.8 Å². The van der Waals surface area contributed by atoms with Crippen LogP contribution in [0.4, 0.5) is 0 Å². The molecular formula is C28H24N2O6S2. The van der Waals surface area contributed by atoms with Crippen molar-refractivity contribution in [3.05, 3.63) is 100 Å². The molecule has 10 heteroatoms. The van der Waals surface area contributed by atoms with E-state index >= 15 is 0 Å². The zero-order valence-corrected chi connectivity index (χ0v) is 22.0. The van der Waals surface area contributed by atoms with Crippen LogP contribution < -0.4 is 14.9 Å². The van der Waals surface area contributed by atoms with Crippen molar-refractivity contribution in [1.82, 2.24) is 10.4 Å². The second kappa shape index (κ2) is 12.4. The maximum Gasteiger partial charge on any atom is 0.344 e. The number of nitrogens with one attached hydrogen (secondary N) is 1. The maximum absolute atomic E-state index is 13.0. The zero-order valence-electron chi connectivity index (χ0n) is 20.3. The lowest BCUT2D eigenvalue weighted by atomic mass is 10.2. The van der Waals surface area contributed by atoms with E-state index in [-0.39, 0.29) is 4.32 Å². The van der Waals surface area contributed by atoms with Gasteiger partial charge in [0.2, 0.25) is 0 Å². The van der Waals surface area contributed by atoms with Crippen LogP contribution in [0.5, 0.6) is 11.5 Å². The lowest BCUT2D eigenvalue weighted by Gasteiger charge is -2.16. The summed E-state index contributed by atoms with van der Waals surface area (Å²) in [5, 5.41) is 10.2. The van der Waals surface area contributed by atoms with Gasteiger partial charge in [0, 0.05) is 5.56 Å². The van der Waals surface area contributed by atoms with Crippen LogP contribution >= 0.6 is 24.0 Å². The minimum Gasteiger partial charge on any atom is -0.489 e. The van der Waals surface area contributed by atoms with E-state index in [2.05, 4.69) is 5.43 Å². The Balaban J connectivity index is 1.38. The molecule has 1 heterocycles. The van der Waals surface area contributed by atoms with Crippen LogP contribution in [0.2, 0.25) is 0 Å². The van der Waals surface area contributed by atoms with Gasteiger partial charge in [-0.2, -0.15) is 5.01 Å². The number of carboxylic acid groups (broad SMARTS) is 1. The second-order valence-electron chi connectivity index (χ2n) is 8.18. The van der Waals surface area contributed by atoms with Gasteiger partial charge >= 0.3 is 5.97 Å². The van der Waals surface area contributed by atoms with Crippen LogP contribution in [0.3, 0.4) is 0 Å². The maximum atomic E-state index is 13.0. The molecule has 0 saturated carbocycles. The fraction of sp³-hybridized carbons (Fsp3) is 0.143. The molecule has 0 radical (unpaired) electrons. The molecule has 0 aliphatic carbocycles. The third-order valence-corrected chi connectivity index (χ3v) is 6.75. The summed E-state index contributed by atoms with van der Waals surface area (Å²) in [7, 11) is 0. The Morgan fingerprint density at radius 1 is 1.05 bits per heavy atom. The van der Waals surface area contributed by atoms with Crippen molar-refractivity contribution >= 4 is 52.2 Å². The minimum atomic E-state index is -1.05. The van der Waals surface area contributed by atoms with E-state index in [9.17, 15) is 19.5 Å². The molecule has 8 nitrogen and oxygen atoms in total. The molecule has 1 fully saturated rings. The van der Waals surface area contributed by atoms with Gasteiger partial charge < -0.3 is 14.6 Å². The highest BCUT2D eigenvalue weighted by molar-refractivity contribution is 8.26. The SMILES string of the molecule is CCC(Oc1cccc(/C=C2/SC(=S)N(NC(=O)c3ccc(OCc4ccccc4)cc3)C2=O)c1)C(=O)O. The summed E-state index contributed by atoms with van der Waals surface area (Å²) in [6, 6.07) is 23.0. The molecule has 38 heavy (non-hydrogen) atoms. The van der Waals surface area contributed by atoms with Crippen molar-refractivity contribution in [2.24, 2.45) is 0 Å². The Bertz CT molecular complexity index is 1380. The van der Waals surface area contributed by atoms with Crippen molar-refractivity contribution in [1.29, 1.82) is 0 Å². The molecule has 0 spiro atoms. The number of aliphatic carboxylic acids is 1. The lowest BCUT2D eigenvalue weighted by Crippen LogP contribution is -2.44. The Morgan fingerprint density at radius 2 is 1.79 bits per heavy atom. The number of amides is 2. The van der Waals surface area contributed by atoms with Crippen LogP contribution in [-0.2, 0) is 16.2 Å². The Labute approximate surface area is 229 Å². The van der Waals surface area contributed by atoms with Gasteiger partial charge in [-0.1, -0.05) is 61.2 Å². The monoisotopic (exact) mass is 548 g/mol. The van der Waals surface area contributed by atoms with Crippen molar-refractivity contribution in [2.75, 3.05) is 0 Å². The summed E-state index contributed by atoms with van der Waals surface area (Å²) in [5.41, 5.74) is 4.55. The molecule has 1 saturated heterocycles. The van der Waals surface area contributed by atoms with Crippen LogP contribution in [0.1, 0.15) is 34.8 Å². The second-order valence-corrected chi connectivity index (χ2v) is 9.86. The number of hydrogen-bond donors (Lipinski definition) is 2. The van der Waals surface area contributed by atoms with Crippen LogP contribution in [0, 0.1) is 0 Å². The third kappa shape index (κ3) is 6.78. The van der Waals surface area contributed by atoms with Gasteiger partial charge in [-0.15, -0.1) is 0 Å². The largest absolute Gasteiger partial charge is 0.489 e. The number of rotatable bonds is 10. The van der Waals surface area contributed by atoms with E-state index in [0.29, 0.717) is 40.6 Å². The first-order chi connectivity index (χ1) is 18.3. The summed E-state index contributed by atoms with van der Waals surface area (Å²) in [6.07, 6.45) is 0.948. The molecule has 1 unspecified atom stereocenters. The van der Waals surface area contributed by atoms with E-state index in [1.165, 1.54) is 0 Å². The summed E-state index contributed by atoms with van der Waals surface area (Å²) in [6.45, 7) is 2.12. The smallest absolute Gasteiger partial charge is 0.344 e. The van der Waals surface area contributed by atoms with Crippen LogP contribution in [-0.4, -0.2) is 38.3 Å². The van der Waals surface area contributed by atoms with Gasteiger partial charge in [-0.25, -0.2) is 4.79 Å². The van der Waals surface area contributed by atoms with Crippen molar-refractivity contribution in [3.8, 4) is 11.5 Å². The standard InChI is InChI=1S/C28H24N2O6S2/c1-2-23(27(33)34)36-22-10-6-9-19(15-22)16-24-26(32)30(28(37)38-24)29-25(31)20-11-13-21(14-12-20)35-17-18-7-4-3-5-8-18/h3-16,23H,2,17H2,1H3,(H,29,31)(H,33,34)/b24-16+. The average Bonchev–Trinajstić information content (AvgIpc) is 3.18. The molecular weight excluding hydrogens is 524 g/mol. The summed E-state index contributed by atoms with van der Waals surface area (Å²) >= 11 is 6.36. The Hall–Kier alpha value is -4.15. The predicted octanol–water partition coefficient (Wildman–Crippen LogP) is 5.05. The van der Waals surface area contributed by atoms with E-state index in [4.69, 9.17) is 21.7 Å². The number of thiocarbonyl (C=S) groups is 1. The van der Waals surface area contributed by atoms with Gasteiger partial charge in [0.1, 0.15) is 18.1 Å². The van der Waals surface area contributed by atoms with Crippen LogP contribution in [0.25, 0.3) is 6.08 Å². The lowest BCUT2D eigenvalue weighted by molar-refractivity contribution is -0.145. The van der Waals surface area contributed by atoms with Gasteiger partial charge in [-0.3, -0.25) is 15.0 Å². The quantitative estimate of drug-likeness (QED) is 0.268. The molecule has 3 aromatic carbocycles. The first-order valence-electron chi connectivity index (χ1n) is 11.7. The van der Waals surface area contributed by atoms with E-state index in [1.807, 2.05) is 30.3 Å². The van der Waals surface area contributed by atoms with Gasteiger partial charge in [0.05, 0.1) is 4.91 Å². The fourth-order valence-corrected chi connectivity index (χ4v) is 4.65. The Morgan fingerprint density at radius 3 is 2.47 bits per heavy atom.